The molecule has 2 rings (SSSR count). The molecule has 1 aliphatic heterocycles. The highest BCUT2D eigenvalue weighted by molar-refractivity contribution is 5.46. The van der Waals surface area contributed by atoms with Crippen LogP contribution in [0.1, 0.15) is 0 Å². The molecule has 0 aromatic heterocycles. The van der Waals surface area contributed by atoms with Gasteiger partial charge in [0, 0.05) is 19.3 Å². The fourth-order valence-electron chi connectivity index (χ4n) is 1.64. The molecule has 1 saturated heterocycles. The van der Waals surface area contributed by atoms with E-state index in [2.05, 4.69) is 11.0 Å². The second kappa shape index (κ2) is 4.44. The van der Waals surface area contributed by atoms with Gasteiger partial charge in [-0.3, -0.25) is 0 Å². The third-order valence-corrected chi connectivity index (χ3v) is 2.39. The molecule has 3 nitrogen and oxygen atoms in total. The van der Waals surface area contributed by atoms with Gasteiger partial charge in [0.25, 0.3) is 0 Å². The number of ether oxygens (including phenoxy) is 2. The molecule has 1 heterocycles. The first-order valence-corrected chi connectivity index (χ1v) is 4.75. The van der Waals surface area contributed by atoms with Gasteiger partial charge in [0.05, 0.1) is 13.2 Å². The predicted molar refractivity (Wildman–Crippen MR) is 54.2 cm³/mol. The fraction of sp³-hybridized carbons (Fsp3) is 0.455. The van der Waals surface area contributed by atoms with Crippen LogP contribution >= 0.6 is 0 Å². The first kappa shape index (κ1) is 9.49. The quantitative estimate of drug-likeness (QED) is 0.705. The minimum atomic E-state index is 0.0335. The van der Waals surface area contributed by atoms with Crippen molar-refractivity contribution >= 4 is 5.69 Å². The molecule has 1 aromatic rings. The minimum absolute atomic E-state index is 0.0335. The van der Waals surface area contributed by atoms with Gasteiger partial charge in [0.15, 0.2) is 6.23 Å². The summed E-state index contributed by atoms with van der Waals surface area (Å²) in [7, 11) is 1.71. The van der Waals surface area contributed by atoms with Crippen LogP contribution in [0.25, 0.3) is 0 Å². The van der Waals surface area contributed by atoms with E-state index in [0.29, 0.717) is 6.61 Å². The number of anilines is 1. The molecule has 1 aromatic carbocycles. The van der Waals surface area contributed by atoms with Crippen molar-refractivity contribution in [1.29, 1.82) is 0 Å². The Labute approximate surface area is 84.2 Å². The van der Waals surface area contributed by atoms with Crippen molar-refractivity contribution in [2.24, 2.45) is 0 Å². The lowest BCUT2D eigenvalue weighted by atomic mass is 10.2. The molecule has 0 unspecified atom stereocenters. The van der Waals surface area contributed by atoms with Crippen LogP contribution < -0.4 is 4.90 Å². The van der Waals surface area contributed by atoms with E-state index in [1.54, 1.807) is 7.11 Å². The zero-order chi connectivity index (χ0) is 9.80. The van der Waals surface area contributed by atoms with E-state index in [-0.39, 0.29) is 6.23 Å². The molecule has 0 spiro atoms. The summed E-state index contributed by atoms with van der Waals surface area (Å²) in [5, 5.41) is 0. The summed E-state index contributed by atoms with van der Waals surface area (Å²) >= 11 is 0. The lowest BCUT2D eigenvalue weighted by Gasteiger charge is -2.36. The van der Waals surface area contributed by atoms with Crippen molar-refractivity contribution in [3.05, 3.63) is 30.3 Å². The topological polar surface area (TPSA) is 21.7 Å². The molecule has 1 fully saturated rings. The lowest BCUT2D eigenvalue weighted by molar-refractivity contribution is -0.0187. The molecule has 0 amide bonds. The number of methoxy groups -OCH3 is 1. The van der Waals surface area contributed by atoms with Crippen molar-refractivity contribution < 1.29 is 9.47 Å². The summed E-state index contributed by atoms with van der Waals surface area (Å²) in [5.41, 5.74) is 1.17. The second-order valence-corrected chi connectivity index (χ2v) is 3.22. The Hall–Kier alpha value is -1.06. The Morgan fingerprint density at radius 2 is 2.29 bits per heavy atom. The van der Waals surface area contributed by atoms with E-state index < -0.39 is 0 Å². The molecule has 1 radical (unpaired) electrons. The highest BCUT2D eigenvalue weighted by atomic mass is 16.5. The lowest BCUT2D eigenvalue weighted by Crippen LogP contribution is -2.46. The normalized spacial score (nSPS) is 22.4. The molecular formula is C11H14NO2. The first-order valence-electron chi connectivity index (χ1n) is 4.75. The van der Waals surface area contributed by atoms with Crippen LogP contribution in [0.4, 0.5) is 5.69 Å². The largest absolute Gasteiger partial charge is 0.375 e. The molecule has 1 atom stereocenters. The Balaban J connectivity index is 2.15. The van der Waals surface area contributed by atoms with E-state index in [9.17, 15) is 0 Å². The average Bonchev–Trinajstić information content (AvgIpc) is 2.30. The van der Waals surface area contributed by atoms with E-state index >= 15 is 0 Å². The molecule has 0 saturated carbocycles. The first-order chi connectivity index (χ1) is 6.92. The van der Waals surface area contributed by atoms with Crippen LogP contribution in [0.2, 0.25) is 0 Å². The van der Waals surface area contributed by atoms with Crippen molar-refractivity contribution in [3.8, 4) is 0 Å². The highest BCUT2D eigenvalue weighted by Gasteiger charge is 2.22. The predicted octanol–water partition coefficient (Wildman–Crippen LogP) is 1.30. The minimum Gasteiger partial charge on any atom is -0.375 e. The van der Waals surface area contributed by atoms with Gasteiger partial charge in [0.2, 0.25) is 0 Å². The van der Waals surface area contributed by atoms with Gasteiger partial charge in [-0.25, -0.2) is 0 Å². The molecule has 0 bridgehead atoms. The Morgan fingerprint density at radius 1 is 1.50 bits per heavy atom. The number of hydrogen-bond donors (Lipinski definition) is 0. The van der Waals surface area contributed by atoms with Gasteiger partial charge in [-0.1, -0.05) is 12.1 Å². The summed E-state index contributed by atoms with van der Waals surface area (Å²) in [6, 6.07) is 10.9. The van der Waals surface area contributed by atoms with E-state index in [0.717, 1.165) is 13.2 Å². The maximum atomic E-state index is 5.35. The molecule has 75 valence electrons. The SMILES string of the molecule is CO[C@@H]1COCCN1c1cc[c]cc1. The fourth-order valence-corrected chi connectivity index (χ4v) is 1.64. The summed E-state index contributed by atoms with van der Waals surface area (Å²) in [4.78, 5) is 2.21. The number of benzene rings is 1. The van der Waals surface area contributed by atoms with Gasteiger partial charge in [-0.2, -0.15) is 0 Å². The smallest absolute Gasteiger partial charge is 0.153 e. The van der Waals surface area contributed by atoms with E-state index in [4.69, 9.17) is 9.47 Å². The zero-order valence-electron chi connectivity index (χ0n) is 8.27. The van der Waals surface area contributed by atoms with Crippen LogP contribution in [-0.2, 0) is 9.47 Å². The van der Waals surface area contributed by atoms with Crippen LogP contribution in [0.15, 0.2) is 24.3 Å². The Bertz CT molecular complexity index is 276. The van der Waals surface area contributed by atoms with Gasteiger partial charge in [0.1, 0.15) is 0 Å². The molecule has 0 N–H and O–H groups in total. The number of rotatable bonds is 2. The number of nitrogens with zero attached hydrogens (tertiary/aromatic N) is 1. The maximum absolute atomic E-state index is 5.35. The van der Waals surface area contributed by atoms with E-state index in [1.807, 2.05) is 24.3 Å². The highest BCUT2D eigenvalue weighted by Crippen LogP contribution is 2.18. The van der Waals surface area contributed by atoms with Crippen LogP contribution in [0.5, 0.6) is 0 Å². The standard InChI is InChI=1S/C11H14NO2/c1-13-11-9-14-8-7-12(11)10-5-3-2-4-6-10/h3-6,11H,7-9H2,1H3/t11-/m1/s1. The van der Waals surface area contributed by atoms with Crippen LogP contribution in [0, 0.1) is 6.07 Å². The Morgan fingerprint density at radius 3 is 3.00 bits per heavy atom. The van der Waals surface area contributed by atoms with Crippen molar-refractivity contribution in [2.45, 2.75) is 6.23 Å². The van der Waals surface area contributed by atoms with Crippen LogP contribution in [0.3, 0.4) is 0 Å². The van der Waals surface area contributed by atoms with Crippen molar-refractivity contribution in [1.82, 2.24) is 0 Å². The molecule has 14 heavy (non-hydrogen) atoms. The molecular weight excluding hydrogens is 178 g/mol. The van der Waals surface area contributed by atoms with Gasteiger partial charge in [-0.15, -0.1) is 0 Å². The molecule has 3 heteroatoms. The average molecular weight is 192 g/mol. The monoisotopic (exact) mass is 192 g/mol. The Kier molecular flexibility index (Phi) is 3.01. The summed E-state index contributed by atoms with van der Waals surface area (Å²) in [6.45, 7) is 2.27. The summed E-state index contributed by atoms with van der Waals surface area (Å²) in [6.07, 6.45) is 0.0335. The van der Waals surface area contributed by atoms with Crippen molar-refractivity contribution in [3.63, 3.8) is 0 Å². The van der Waals surface area contributed by atoms with Crippen molar-refractivity contribution in [2.75, 3.05) is 31.8 Å². The summed E-state index contributed by atoms with van der Waals surface area (Å²) < 4.78 is 10.7. The maximum Gasteiger partial charge on any atom is 0.153 e. The second-order valence-electron chi connectivity index (χ2n) is 3.22. The number of morpholine rings is 1. The van der Waals surface area contributed by atoms with Crippen LogP contribution in [-0.4, -0.2) is 33.1 Å². The van der Waals surface area contributed by atoms with Gasteiger partial charge >= 0.3 is 0 Å². The van der Waals surface area contributed by atoms with E-state index in [1.165, 1.54) is 5.69 Å². The molecule has 0 aliphatic carbocycles. The van der Waals surface area contributed by atoms with Gasteiger partial charge in [-0.05, 0) is 18.2 Å². The number of hydrogen-bond acceptors (Lipinski definition) is 3. The third-order valence-electron chi connectivity index (χ3n) is 2.39. The zero-order valence-corrected chi connectivity index (χ0v) is 8.27. The third kappa shape index (κ3) is 1.89. The summed E-state index contributed by atoms with van der Waals surface area (Å²) in [5.74, 6) is 0. The van der Waals surface area contributed by atoms with Gasteiger partial charge < -0.3 is 14.4 Å². The molecule has 1 aliphatic rings.